The lowest BCUT2D eigenvalue weighted by molar-refractivity contribution is 0.00539. The number of rotatable bonds is 9. The Balaban J connectivity index is 1.44. The molecule has 2 aromatic rings. The summed E-state index contributed by atoms with van der Waals surface area (Å²) in [4.78, 5) is 2.43. The van der Waals surface area contributed by atoms with Gasteiger partial charge in [-0.15, -0.1) is 0 Å². The number of benzene rings is 2. The average Bonchev–Trinajstić information content (AvgIpc) is 2.75. The first-order chi connectivity index (χ1) is 14.4. The van der Waals surface area contributed by atoms with Gasteiger partial charge in [-0.2, -0.15) is 4.31 Å². The first-order valence-electron chi connectivity index (χ1n) is 10.5. The van der Waals surface area contributed by atoms with Crippen LogP contribution in [0.2, 0.25) is 0 Å². The molecule has 1 saturated heterocycles. The highest BCUT2D eigenvalue weighted by atomic mass is 32.2. The normalized spacial score (nSPS) is 17.3. The van der Waals surface area contributed by atoms with Crippen molar-refractivity contribution in [2.45, 2.75) is 37.4 Å². The van der Waals surface area contributed by atoms with Gasteiger partial charge in [0.05, 0.1) is 24.2 Å². The van der Waals surface area contributed by atoms with Gasteiger partial charge in [0.25, 0.3) is 0 Å². The molecule has 1 aliphatic rings. The van der Waals surface area contributed by atoms with Crippen molar-refractivity contribution in [2.75, 3.05) is 39.3 Å². The summed E-state index contributed by atoms with van der Waals surface area (Å²) < 4.78 is 33.0. The number of ether oxygens (including phenoxy) is 1. The van der Waals surface area contributed by atoms with E-state index in [-0.39, 0.29) is 6.61 Å². The zero-order valence-electron chi connectivity index (χ0n) is 17.8. The molecule has 1 fully saturated rings. The van der Waals surface area contributed by atoms with Gasteiger partial charge < -0.3 is 9.84 Å². The first kappa shape index (κ1) is 22.9. The number of β-amino-alcohol motifs (C(OH)–C–C–N with tert-alkyl or cyclic N) is 1. The second kappa shape index (κ2) is 10.5. The molecule has 3 rings (SSSR count). The minimum Gasteiger partial charge on any atom is -0.389 e. The molecule has 2 aromatic carbocycles. The molecular formula is C23H32N2O4S. The van der Waals surface area contributed by atoms with Crippen molar-refractivity contribution >= 4 is 10.0 Å². The minimum absolute atomic E-state index is 0.260. The van der Waals surface area contributed by atoms with E-state index in [1.54, 1.807) is 12.1 Å². The highest BCUT2D eigenvalue weighted by Gasteiger charge is 2.29. The molecule has 0 aromatic heterocycles. The molecule has 0 amide bonds. The highest BCUT2D eigenvalue weighted by Crippen LogP contribution is 2.21. The second-order valence-electron chi connectivity index (χ2n) is 8.08. The molecule has 0 radical (unpaired) electrons. The third kappa shape index (κ3) is 6.12. The Morgan fingerprint density at radius 3 is 2.20 bits per heavy atom. The predicted octanol–water partition coefficient (Wildman–Crippen LogP) is 2.69. The van der Waals surface area contributed by atoms with E-state index >= 15 is 0 Å². The molecule has 1 N–H and O–H groups in total. The average molecular weight is 433 g/mol. The van der Waals surface area contributed by atoms with Crippen molar-refractivity contribution in [3.8, 4) is 0 Å². The predicted molar refractivity (Wildman–Crippen MR) is 118 cm³/mol. The Kier molecular flexibility index (Phi) is 8.02. The zero-order chi connectivity index (χ0) is 21.6. The van der Waals surface area contributed by atoms with E-state index in [1.165, 1.54) is 4.31 Å². The summed E-state index contributed by atoms with van der Waals surface area (Å²) >= 11 is 0. The van der Waals surface area contributed by atoms with Crippen molar-refractivity contribution in [2.24, 2.45) is 0 Å². The lowest BCUT2D eigenvalue weighted by Gasteiger charge is -2.34. The third-order valence-electron chi connectivity index (χ3n) is 5.41. The van der Waals surface area contributed by atoms with Crippen LogP contribution in [0.15, 0.2) is 59.5 Å². The van der Waals surface area contributed by atoms with Crippen molar-refractivity contribution in [3.63, 3.8) is 0 Å². The van der Waals surface area contributed by atoms with Gasteiger partial charge in [-0.3, -0.25) is 4.90 Å². The van der Waals surface area contributed by atoms with Crippen LogP contribution >= 0.6 is 0 Å². The molecule has 0 bridgehead atoms. The van der Waals surface area contributed by atoms with E-state index in [0.29, 0.717) is 50.1 Å². The first-order valence-corrected chi connectivity index (χ1v) is 11.9. The van der Waals surface area contributed by atoms with Gasteiger partial charge in [0, 0.05) is 32.7 Å². The molecule has 164 valence electrons. The SMILES string of the molecule is CC(C)c1ccc(S(=O)(=O)N2CCN(CC(O)COCc3ccccc3)CC2)cc1. The fraction of sp³-hybridized carbons (Fsp3) is 0.478. The van der Waals surface area contributed by atoms with Crippen LogP contribution in [0.4, 0.5) is 0 Å². The summed E-state index contributed by atoms with van der Waals surface area (Å²) in [6, 6.07) is 17.0. The van der Waals surface area contributed by atoms with Crippen LogP contribution in [0.5, 0.6) is 0 Å². The van der Waals surface area contributed by atoms with E-state index in [9.17, 15) is 13.5 Å². The van der Waals surface area contributed by atoms with Crippen LogP contribution in [0.3, 0.4) is 0 Å². The van der Waals surface area contributed by atoms with Crippen molar-refractivity contribution in [3.05, 3.63) is 65.7 Å². The van der Waals surface area contributed by atoms with E-state index in [1.807, 2.05) is 42.5 Å². The molecule has 7 heteroatoms. The molecule has 0 spiro atoms. The summed E-state index contributed by atoms with van der Waals surface area (Å²) in [5, 5.41) is 10.3. The number of hydrogen-bond donors (Lipinski definition) is 1. The van der Waals surface area contributed by atoms with Gasteiger partial charge in [0.1, 0.15) is 0 Å². The number of aliphatic hydroxyl groups excluding tert-OH is 1. The molecule has 1 unspecified atom stereocenters. The monoisotopic (exact) mass is 432 g/mol. The lowest BCUT2D eigenvalue weighted by atomic mass is 10.0. The topological polar surface area (TPSA) is 70.1 Å². The van der Waals surface area contributed by atoms with E-state index < -0.39 is 16.1 Å². The van der Waals surface area contributed by atoms with E-state index in [0.717, 1.165) is 11.1 Å². The molecule has 1 heterocycles. The van der Waals surface area contributed by atoms with Crippen LogP contribution < -0.4 is 0 Å². The minimum atomic E-state index is -3.48. The number of sulfonamides is 1. The van der Waals surface area contributed by atoms with Gasteiger partial charge in [0.2, 0.25) is 10.0 Å². The summed E-state index contributed by atoms with van der Waals surface area (Å²) in [5.41, 5.74) is 2.20. The standard InChI is InChI=1S/C23H32N2O4S/c1-19(2)21-8-10-23(11-9-21)30(27,28)25-14-12-24(13-15-25)16-22(26)18-29-17-20-6-4-3-5-7-20/h3-11,19,22,26H,12-18H2,1-2H3. The third-order valence-corrected chi connectivity index (χ3v) is 7.32. The fourth-order valence-corrected chi connectivity index (χ4v) is 4.99. The van der Waals surface area contributed by atoms with Gasteiger partial charge >= 0.3 is 0 Å². The highest BCUT2D eigenvalue weighted by molar-refractivity contribution is 7.89. The fourth-order valence-electron chi connectivity index (χ4n) is 3.56. The molecule has 0 saturated carbocycles. The van der Waals surface area contributed by atoms with Crippen LogP contribution in [0.1, 0.15) is 30.9 Å². The van der Waals surface area contributed by atoms with Crippen molar-refractivity contribution in [1.82, 2.24) is 9.21 Å². The lowest BCUT2D eigenvalue weighted by Crippen LogP contribution is -2.50. The summed E-state index contributed by atoms with van der Waals surface area (Å²) in [5.74, 6) is 0.369. The van der Waals surface area contributed by atoms with Crippen LogP contribution in [-0.4, -0.2) is 68.2 Å². The Hall–Kier alpha value is -1.77. The summed E-state index contributed by atoms with van der Waals surface area (Å²) in [7, 11) is -3.48. The quantitative estimate of drug-likeness (QED) is 0.660. The Morgan fingerprint density at radius 2 is 1.60 bits per heavy atom. The molecule has 0 aliphatic carbocycles. The molecule has 1 aliphatic heterocycles. The number of piperazine rings is 1. The summed E-state index contributed by atoms with van der Waals surface area (Å²) in [6.07, 6.45) is -0.597. The van der Waals surface area contributed by atoms with Gasteiger partial charge in [0.15, 0.2) is 0 Å². The van der Waals surface area contributed by atoms with Crippen molar-refractivity contribution in [1.29, 1.82) is 0 Å². The molecule has 6 nitrogen and oxygen atoms in total. The van der Waals surface area contributed by atoms with E-state index in [4.69, 9.17) is 4.74 Å². The van der Waals surface area contributed by atoms with Gasteiger partial charge in [-0.1, -0.05) is 56.3 Å². The van der Waals surface area contributed by atoms with Crippen LogP contribution in [0, 0.1) is 0 Å². The molecule has 1 atom stereocenters. The maximum atomic E-state index is 12.9. The van der Waals surface area contributed by atoms with Crippen LogP contribution in [-0.2, 0) is 21.4 Å². The van der Waals surface area contributed by atoms with Crippen LogP contribution in [0.25, 0.3) is 0 Å². The van der Waals surface area contributed by atoms with Crippen molar-refractivity contribution < 1.29 is 18.3 Å². The smallest absolute Gasteiger partial charge is 0.243 e. The van der Waals surface area contributed by atoms with E-state index in [2.05, 4.69) is 18.7 Å². The number of aliphatic hydroxyl groups is 1. The molecule has 30 heavy (non-hydrogen) atoms. The Labute approximate surface area is 180 Å². The second-order valence-corrected chi connectivity index (χ2v) is 10.0. The summed E-state index contributed by atoms with van der Waals surface area (Å²) in [6.45, 7) is 7.42. The largest absolute Gasteiger partial charge is 0.389 e. The van der Waals surface area contributed by atoms with Gasteiger partial charge in [-0.25, -0.2) is 8.42 Å². The van der Waals surface area contributed by atoms with Gasteiger partial charge in [-0.05, 0) is 29.2 Å². The maximum absolute atomic E-state index is 12.9. The number of nitrogens with zero attached hydrogens (tertiary/aromatic N) is 2. The maximum Gasteiger partial charge on any atom is 0.243 e. The number of hydrogen-bond acceptors (Lipinski definition) is 5. The zero-order valence-corrected chi connectivity index (χ0v) is 18.6. The Morgan fingerprint density at radius 1 is 0.967 bits per heavy atom. The Bertz CT molecular complexity index is 877. The molecular weight excluding hydrogens is 400 g/mol.